The highest BCUT2D eigenvalue weighted by molar-refractivity contribution is 7.84. The number of halogens is 4. The molecule has 44 heavy (non-hydrogen) atoms. The van der Waals surface area contributed by atoms with Crippen LogP contribution in [0.1, 0.15) is 51.0 Å². The van der Waals surface area contributed by atoms with Gasteiger partial charge in [-0.05, 0) is 83.7 Å². The molecule has 0 radical (unpaired) electrons. The molecule has 226 valence electrons. The molecule has 7 nitrogen and oxygen atoms in total. The van der Waals surface area contributed by atoms with Crippen molar-refractivity contribution in [3.8, 4) is 10.6 Å². The summed E-state index contributed by atoms with van der Waals surface area (Å²) in [5, 5.41) is -0.0401. The van der Waals surface area contributed by atoms with Crippen molar-refractivity contribution in [2.24, 2.45) is 0 Å². The predicted octanol–water partition coefficient (Wildman–Crippen LogP) is 6.59. The van der Waals surface area contributed by atoms with Gasteiger partial charge in [0.1, 0.15) is 15.7 Å². The SMILES string of the molecule is CC1=C(CC(=O)NNC(=O)c2sc(-c3cnccc3C(F)(F)F)nc2C)c2cc(F)ccc2C1=Cc1ccc(S(C)=O)cc1. The smallest absolute Gasteiger partial charge is 0.273 e. The van der Waals surface area contributed by atoms with Crippen LogP contribution in [0.15, 0.2) is 71.4 Å². The molecule has 0 spiro atoms. The number of nitrogens with zero attached hydrogens (tertiary/aromatic N) is 2. The summed E-state index contributed by atoms with van der Waals surface area (Å²) in [4.78, 5) is 34.4. The number of amides is 2. The van der Waals surface area contributed by atoms with Gasteiger partial charge in [-0.1, -0.05) is 18.2 Å². The Labute approximate surface area is 256 Å². The first-order valence-corrected chi connectivity index (χ1v) is 15.4. The second-order valence-electron chi connectivity index (χ2n) is 9.91. The van der Waals surface area contributed by atoms with E-state index >= 15 is 0 Å². The standard InChI is InChI=1S/C31H24F4N4O3S2/c1-16-22(12-18-4-7-20(8-5-18)44(3)42)21-9-6-19(32)13-24(21)23(16)14-27(40)38-39-29(41)28-17(2)37-30(43-28)25-15-36-11-10-26(25)31(33,34)35/h4-13,15H,14H2,1-3H3,(H,38,40)(H,39,41). The summed E-state index contributed by atoms with van der Waals surface area (Å²) in [6, 6.07) is 12.3. The molecule has 0 bridgehead atoms. The number of carbonyl (C=O) groups is 2. The van der Waals surface area contributed by atoms with Gasteiger partial charge in [-0.2, -0.15) is 13.2 Å². The molecule has 2 aromatic heterocycles. The Hall–Kier alpha value is -4.49. The molecule has 0 saturated heterocycles. The van der Waals surface area contributed by atoms with Crippen molar-refractivity contribution in [3.05, 3.63) is 105 Å². The minimum atomic E-state index is -4.64. The van der Waals surface area contributed by atoms with Crippen LogP contribution in [0.2, 0.25) is 0 Å². The van der Waals surface area contributed by atoms with Crippen LogP contribution >= 0.6 is 11.3 Å². The average Bonchev–Trinajstić information content (AvgIpc) is 3.49. The van der Waals surface area contributed by atoms with Crippen molar-refractivity contribution in [2.75, 3.05) is 6.26 Å². The molecule has 0 aliphatic heterocycles. The van der Waals surface area contributed by atoms with Crippen LogP contribution < -0.4 is 10.9 Å². The number of allylic oxidation sites excluding steroid dienone is 2. The summed E-state index contributed by atoms with van der Waals surface area (Å²) in [5.41, 5.74) is 7.84. The lowest BCUT2D eigenvalue weighted by Crippen LogP contribution is -2.41. The lowest BCUT2D eigenvalue weighted by Gasteiger charge is -2.10. The first kappa shape index (κ1) is 31.0. The second kappa shape index (κ2) is 12.2. The van der Waals surface area contributed by atoms with E-state index < -0.39 is 40.2 Å². The van der Waals surface area contributed by atoms with Gasteiger partial charge in [-0.3, -0.25) is 29.6 Å². The van der Waals surface area contributed by atoms with Crippen molar-refractivity contribution in [1.82, 2.24) is 20.8 Å². The zero-order chi connectivity index (χ0) is 31.8. The Balaban J connectivity index is 1.34. The van der Waals surface area contributed by atoms with Gasteiger partial charge in [0.25, 0.3) is 5.91 Å². The maximum absolute atomic E-state index is 14.3. The molecule has 1 aliphatic carbocycles. The third kappa shape index (κ3) is 6.38. The predicted molar refractivity (Wildman–Crippen MR) is 161 cm³/mol. The number of hydrogen-bond acceptors (Lipinski definition) is 6. The number of carbonyl (C=O) groups excluding carboxylic acids is 2. The molecule has 1 unspecified atom stereocenters. The lowest BCUT2D eigenvalue weighted by molar-refractivity contribution is -0.137. The Bertz CT molecular complexity index is 1880. The number of aromatic nitrogens is 2. The van der Waals surface area contributed by atoms with Crippen LogP contribution in [0.4, 0.5) is 17.6 Å². The summed E-state index contributed by atoms with van der Waals surface area (Å²) >= 11 is 0.742. The molecule has 4 aromatic rings. The van der Waals surface area contributed by atoms with Gasteiger partial charge in [0.05, 0.1) is 17.7 Å². The van der Waals surface area contributed by atoms with Gasteiger partial charge >= 0.3 is 6.18 Å². The first-order chi connectivity index (χ1) is 20.8. The topological polar surface area (TPSA) is 101 Å². The zero-order valence-electron chi connectivity index (χ0n) is 23.5. The minimum absolute atomic E-state index is 0.0177. The van der Waals surface area contributed by atoms with Crippen molar-refractivity contribution < 1.29 is 31.4 Å². The highest BCUT2D eigenvalue weighted by Gasteiger charge is 2.35. The quantitative estimate of drug-likeness (QED) is 0.183. The highest BCUT2D eigenvalue weighted by Crippen LogP contribution is 2.44. The van der Waals surface area contributed by atoms with E-state index in [-0.39, 0.29) is 27.6 Å². The Kier molecular flexibility index (Phi) is 8.62. The number of benzene rings is 2. The van der Waals surface area contributed by atoms with Crippen molar-refractivity contribution in [2.45, 2.75) is 31.3 Å². The second-order valence-corrected chi connectivity index (χ2v) is 12.3. The maximum atomic E-state index is 14.3. The molecule has 0 fully saturated rings. The van der Waals surface area contributed by atoms with E-state index in [0.717, 1.165) is 52.1 Å². The monoisotopic (exact) mass is 640 g/mol. The Morgan fingerprint density at radius 1 is 1.00 bits per heavy atom. The van der Waals surface area contributed by atoms with Gasteiger partial charge in [-0.15, -0.1) is 11.3 Å². The van der Waals surface area contributed by atoms with Crippen LogP contribution in [0.5, 0.6) is 0 Å². The largest absolute Gasteiger partial charge is 0.417 e. The van der Waals surface area contributed by atoms with Crippen molar-refractivity contribution >= 4 is 51.2 Å². The Morgan fingerprint density at radius 2 is 1.73 bits per heavy atom. The number of hydrogen-bond donors (Lipinski definition) is 2. The summed E-state index contributed by atoms with van der Waals surface area (Å²) in [7, 11) is -1.12. The third-order valence-electron chi connectivity index (χ3n) is 6.99. The molecule has 1 aliphatic rings. The number of pyridine rings is 1. The molecule has 2 aromatic carbocycles. The highest BCUT2D eigenvalue weighted by atomic mass is 32.2. The van der Waals surface area contributed by atoms with Crippen LogP contribution in [0.25, 0.3) is 27.8 Å². The lowest BCUT2D eigenvalue weighted by atomic mass is 10.0. The number of aryl methyl sites for hydroxylation is 1. The van der Waals surface area contributed by atoms with E-state index in [9.17, 15) is 31.4 Å². The van der Waals surface area contributed by atoms with E-state index in [0.29, 0.717) is 16.0 Å². The van der Waals surface area contributed by atoms with Crippen molar-refractivity contribution in [1.29, 1.82) is 0 Å². The van der Waals surface area contributed by atoms with E-state index in [1.165, 1.54) is 19.1 Å². The normalized spacial score (nSPS) is 14.5. The molecule has 13 heteroatoms. The fourth-order valence-electron chi connectivity index (χ4n) is 4.83. The van der Waals surface area contributed by atoms with Crippen molar-refractivity contribution in [3.63, 3.8) is 0 Å². The number of rotatable bonds is 6. The van der Waals surface area contributed by atoms with Crippen LogP contribution in [-0.4, -0.2) is 32.2 Å². The van der Waals surface area contributed by atoms with Gasteiger partial charge in [0.15, 0.2) is 0 Å². The van der Waals surface area contributed by atoms with Gasteiger partial charge in [-0.25, -0.2) is 9.37 Å². The third-order valence-corrected chi connectivity index (χ3v) is 9.11. The number of nitrogens with one attached hydrogen (secondary N) is 2. The van der Waals surface area contributed by atoms with Crippen LogP contribution in [0, 0.1) is 12.7 Å². The molecule has 2 heterocycles. The van der Waals surface area contributed by atoms with Gasteiger partial charge in [0.2, 0.25) is 5.91 Å². The first-order valence-electron chi connectivity index (χ1n) is 13.1. The van der Waals surface area contributed by atoms with Crippen LogP contribution in [-0.2, 0) is 21.8 Å². The summed E-state index contributed by atoms with van der Waals surface area (Å²) in [6.45, 7) is 3.29. The fourth-order valence-corrected chi connectivity index (χ4v) is 6.33. The molecular weight excluding hydrogens is 616 g/mol. The summed E-state index contributed by atoms with van der Waals surface area (Å²) < 4.78 is 66.4. The molecule has 1 atom stereocenters. The van der Waals surface area contributed by atoms with Gasteiger partial charge < -0.3 is 0 Å². The van der Waals surface area contributed by atoms with Crippen LogP contribution in [0.3, 0.4) is 0 Å². The van der Waals surface area contributed by atoms with E-state index in [2.05, 4.69) is 20.8 Å². The Morgan fingerprint density at radius 3 is 2.41 bits per heavy atom. The molecule has 2 N–H and O–H groups in total. The molecule has 0 saturated carbocycles. The number of alkyl halides is 3. The molecule has 5 rings (SSSR count). The summed E-state index contributed by atoms with van der Waals surface area (Å²) in [6.07, 6.45) is 0.722. The van der Waals surface area contributed by atoms with E-state index in [1.54, 1.807) is 24.5 Å². The van der Waals surface area contributed by atoms with E-state index in [1.807, 2.05) is 25.1 Å². The number of fused-ring (bicyclic) bond motifs is 1. The fraction of sp³-hybridized carbons (Fsp3) is 0.161. The van der Waals surface area contributed by atoms with E-state index in [4.69, 9.17) is 0 Å². The summed E-state index contributed by atoms with van der Waals surface area (Å²) in [5.74, 6) is -1.82. The average molecular weight is 641 g/mol. The zero-order valence-corrected chi connectivity index (χ0v) is 25.1. The molecule has 2 amide bonds. The minimum Gasteiger partial charge on any atom is -0.273 e. The molecular formula is C31H24F4N4O3S2. The number of thiazole rings is 1. The maximum Gasteiger partial charge on any atom is 0.417 e. The van der Waals surface area contributed by atoms with Gasteiger partial charge in [0, 0.05) is 39.9 Å². The number of hydrazine groups is 1.